The van der Waals surface area contributed by atoms with Gasteiger partial charge in [-0.1, -0.05) is 45.9 Å². The molecular weight excluding hydrogens is 685 g/mol. The first-order valence-corrected chi connectivity index (χ1v) is 19.0. The molecule has 53 heavy (non-hydrogen) atoms. The van der Waals surface area contributed by atoms with E-state index in [4.69, 9.17) is 23.7 Å². The van der Waals surface area contributed by atoms with Crippen molar-refractivity contribution in [3.8, 4) is 0 Å². The molecule has 1 aromatic rings. The van der Waals surface area contributed by atoms with Crippen LogP contribution in [-0.2, 0) is 39.7 Å². The number of carbonyl (C=O) groups excluding carboxylic acids is 3. The summed E-state index contributed by atoms with van der Waals surface area (Å²) in [6.45, 7) is 14.9. The molecule has 12 nitrogen and oxygen atoms in total. The number of Topliss-reactive ketones (excluding diaryl/α,β-unsaturated/α-hetero) is 1. The van der Waals surface area contributed by atoms with Crippen molar-refractivity contribution in [2.45, 2.75) is 141 Å². The smallest absolute Gasteiger partial charge is 0.425 e. The van der Waals surface area contributed by atoms with E-state index in [9.17, 15) is 23.9 Å². The Hall–Kier alpha value is -2.94. The largest absolute Gasteiger partial charge is 0.455 e. The fourth-order valence-corrected chi connectivity index (χ4v) is 8.58. The standard InChI is InChI=1S/C40H62FN3O9/c1-12-31-40(8)34(44(38(48)53-40)42-19-13-14-28-15-17-29(41)18-16-28)27(6)32(45)25(4)22-39(7,49-11)35(23(2)20-24(3)36(47)51-31)52-37-33(46)30(43(9)10)21-26(5)50-37/h15-18,20,23,25-27,30-31,33-35,37,42,46H,12-14,19,21-22H2,1-11H3/b24-20+/t23-,25+,26+,27-,30-,31+,33+,34+,35+,37-,39-,40+/m0/s1. The van der Waals surface area contributed by atoms with Crippen LogP contribution in [0.1, 0.15) is 86.6 Å². The highest BCUT2D eigenvalue weighted by Crippen LogP contribution is 2.42. The summed E-state index contributed by atoms with van der Waals surface area (Å²) < 4.78 is 44.7. The minimum absolute atomic E-state index is 0.132. The molecule has 0 unspecified atom stereocenters. The number of aliphatic hydroxyl groups is 1. The van der Waals surface area contributed by atoms with E-state index in [-0.39, 0.29) is 30.2 Å². The van der Waals surface area contributed by atoms with Gasteiger partial charge >= 0.3 is 12.1 Å². The number of halogens is 1. The number of nitrogens with one attached hydrogen (secondary N) is 1. The SMILES string of the molecule is CC[C@H]1OC(=O)/C(C)=C/[C@H](C)[C@@H](O[C@@H]2O[C@H](C)C[C@H](N(C)C)[C@H]2O)[C@@](C)(OC)C[C@@H](C)C(=O)[C@H](C)[C@H]2N(NCCCc3ccc(F)cc3)C(=O)O[C@]12C. The number of fused-ring (bicyclic) bond motifs is 1. The molecule has 298 valence electrons. The molecule has 3 heterocycles. The van der Waals surface area contributed by atoms with E-state index in [2.05, 4.69) is 5.43 Å². The summed E-state index contributed by atoms with van der Waals surface area (Å²) in [5, 5.41) is 12.8. The zero-order valence-corrected chi connectivity index (χ0v) is 33.4. The van der Waals surface area contributed by atoms with Crippen molar-refractivity contribution in [1.29, 1.82) is 0 Å². The van der Waals surface area contributed by atoms with Crippen LogP contribution in [-0.4, -0.2) is 115 Å². The van der Waals surface area contributed by atoms with E-state index in [1.54, 1.807) is 46.1 Å². The van der Waals surface area contributed by atoms with Gasteiger partial charge in [0.25, 0.3) is 0 Å². The van der Waals surface area contributed by atoms with Crippen LogP contribution in [0.2, 0.25) is 0 Å². The highest BCUT2D eigenvalue weighted by molar-refractivity contribution is 5.88. The Bertz CT molecular complexity index is 1460. The number of carbonyl (C=O) groups is 3. The molecule has 3 aliphatic heterocycles. The van der Waals surface area contributed by atoms with Crippen molar-refractivity contribution in [2.75, 3.05) is 27.7 Å². The number of rotatable bonds is 10. The lowest BCUT2D eigenvalue weighted by molar-refractivity contribution is -0.294. The van der Waals surface area contributed by atoms with Gasteiger partial charge in [0.2, 0.25) is 0 Å². The number of cyclic esters (lactones) is 1. The van der Waals surface area contributed by atoms with Crippen LogP contribution >= 0.6 is 0 Å². The number of ketones is 1. The second-order valence-electron chi connectivity index (χ2n) is 16.0. The molecule has 1 aromatic carbocycles. The molecule has 0 aliphatic carbocycles. The van der Waals surface area contributed by atoms with Gasteiger partial charge in [0.15, 0.2) is 11.9 Å². The Morgan fingerprint density at radius 1 is 1.09 bits per heavy atom. The molecule has 2 N–H and O–H groups in total. The highest BCUT2D eigenvalue weighted by Gasteiger charge is 2.60. The molecule has 3 aliphatic rings. The Balaban J connectivity index is 1.69. The Morgan fingerprint density at radius 3 is 2.36 bits per heavy atom. The summed E-state index contributed by atoms with van der Waals surface area (Å²) >= 11 is 0. The van der Waals surface area contributed by atoms with Crippen LogP contribution < -0.4 is 5.43 Å². The molecule has 12 atom stereocenters. The predicted molar refractivity (Wildman–Crippen MR) is 197 cm³/mol. The van der Waals surface area contributed by atoms with Crippen molar-refractivity contribution in [1.82, 2.24) is 15.3 Å². The van der Waals surface area contributed by atoms with E-state index >= 15 is 0 Å². The molecule has 1 amide bonds. The molecular formula is C40H62FN3O9. The van der Waals surface area contributed by atoms with Gasteiger partial charge in [-0.05, 0) is 91.6 Å². The van der Waals surface area contributed by atoms with Crippen LogP contribution in [0.15, 0.2) is 35.9 Å². The first-order chi connectivity index (χ1) is 24.9. The summed E-state index contributed by atoms with van der Waals surface area (Å²) in [6.07, 6.45) is -0.277. The molecule has 0 radical (unpaired) electrons. The summed E-state index contributed by atoms with van der Waals surface area (Å²) in [4.78, 5) is 44.0. The average molecular weight is 748 g/mol. The lowest BCUT2D eigenvalue weighted by Gasteiger charge is -2.46. The Morgan fingerprint density at radius 2 is 1.75 bits per heavy atom. The maximum Gasteiger partial charge on any atom is 0.425 e. The summed E-state index contributed by atoms with van der Waals surface area (Å²) in [7, 11) is 5.37. The minimum Gasteiger partial charge on any atom is -0.455 e. The first-order valence-electron chi connectivity index (χ1n) is 19.0. The highest BCUT2D eigenvalue weighted by atomic mass is 19.1. The van der Waals surface area contributed by atoms with E-state index in [1.807, 2.05) is 53.6 Å². The molecule has 2 saturated heterocycles. The molecule has 4 rings (SSSR count). The van der Waals surface area contributed by atoms with Gasteiger partial charge in [0.1, 0.15) is 29.9 Å². The number of esters is 1. The minimum atomic E-state index is -1.37. The van der Waals surface area contributed by atoms with Crippen molar-refractivity contribution < 1.29 is 47.6 Å². The molecule has 0 bridgehead atoms. The van der Waals surface area contributed by atoms with Gasteiger partial charge < -0.3 is 33.7 Å². The lowest BCUT2D eigenvalue weighted by Crippen LogP contribution is -2.60. The van der Waals surface area contributed by atoms with Gasteiger partial charge in [-0.2, -0.15) is 0 Å². The molecule has 0 spiro atoms. The normalized spacial score (nSPS) is 38.5. The number of hydrogen-bond acceptors (Lipinski definition) is 11. The van der Waals surface area contributed by atoms with Gasteiger partial charge in [-0.3, -0.25) is 4.79 Å². The fraction of sp³-hybridized carbons (Fsp3) is 0.725. The quantitative estimate of drug-likeness (QED) is 0.241. The number of amides is 1. The number of methoxy groups -OCH3 is 1. The molecule has 13 heteroatoms. The Labute approximate surface area is 314 Å². The maximum atomic E-state index is 14.6. The zero-order valence-electron chi connectivity index (χ0n) is 33.4. The number of aliphatic hydroxyl groups excluding tert-OH is 1. The van der Waals surface area contributed by atoms with E-state index in [0.717, 1.165) is 5.56 Å². The molecule has 0 saturated carbocycles. The van der Waals surface area contributed by atoms with Crippen molar-refractivity contribution in [3.63, 3.8) is 0 Å². The number of ether oxygens (including phenoxy) is 5. The number of hydrogen-bond donors (Lipinski definition) is 2. The van der Waals surface area contributed by atoms with Gasteiger partial charge in [0, 0.05) is 43.0 Å². The number of hydrazine groups is 1. The second kappa shape index (κ2) is 17.7. The van der Waals surface area contributed by atoms with Crippen LogP contribution in [0.25, 0.3) is 0 Å². The number of likely N-dealkylation sites (N-methyl/N-ethyl adjacent to an activating group) is 1. The van der Waals surface area contributed by atoms with Crippen molar-refractivity contribution in [2.24, 2.45) is 17.8 Å². The van der Waals surface area contributed by atoms with Gasteiger partial charge in [0.05, 0.1) is 17.8 Å². The summed E-state index contributed by atoms with van der Waals surface area (Å²) in [5.74, 6) is -2.83. The number of nitrogens with zero attached hydrogens (tertiary/aromatic N) is 2. The van der Waals surface area contributed by atoms with Crippen LogP contribution in [0.4, 0.5) is 9.18 Å². The third kappa shape index (κ3) is 9.48. The van der Waals surface area contributed by atoms with Crippen LogP contribution in [0, 0.1) is 23.6 Å². The number of benzene rings is 1. The van der Waals surface area contributed by atoms with Crippen LogP contribution in [0.5, 0.6) is 0 Å². The maximum absolute atomic E-state index is 14.6. The third-order valence-corrected chi connectivity index (χ3v) is 11.5. The summed E-state index contributed by atoms with van der Waals surface area (Å²) in [5.41, 5.74) is 2.01. The van der Waals surface area contributed by atoms with Gasteiger partial charge in [-0.15, -0.1) is 0 Å². The Kier molecular flexibility index (Phi) is 14.3. The second-order valence-corrected chi connectivity index (χ2v) is 16.0. The first kappa shape index (κ1) is 42.8. The number of aryl methyl sites for hydroxylation is 1. The summed E-state index contributed by atoms with van der Waals surface area (Å²) in [6, 6.07) is 5.23. The van der Waals surface area contributed by atoms with Gasteiger partial charge in [-0.25, -0.2) is 24.4 Å². The monoisotopic (exact) mass is 747 g/mol. The third-order valence-electron chi connectivity index (χ3n) is 11.5. The van der Waals surface area contributed by atoms with Crippen molar-refractivity contribution >= 4 is 17.8 Å². The topological polar surface area (TPSA) is 136 Å². The van der Waals surface area contributed by atoms with E-state index in [1.165, 1.54) is 17.1 Å². The van der Waals surface area contributed by atoms with Crippen LogP contribution in [0.3, 0.4) is 0 Å². The predicted octanol–water partition coefficient (Wildman–Crippen LogP) is 5.21. The van der Waals surface area contributed by atoms with Crippen molar-refractivity contribution in [3.05, 3.63) is 47.3 Å². The molecule has 0 aromatic heterocycles. The van der Waals surface area contributed by atoms with E-state index in [0.29, 0.717) is 37.8 Å². The average Bonchev–Trinajstić information content (AvgIpc) is 3.37. The molecule has 2 fully saturated rings. The van der Waals surface area contributed by atoms with E-state index < -0.39 is 71.7 Å². The zero-order chi connectivity index (χ0) is 39.4. The lowest BCUT2D eigenvalue weighted by atomic mass is 9.74. The fourth-order valence-electron chi connectivity index (χ4n) is 8.58.